The van der Waals surface area contributed by atoms with Gasteiger partial charge in [-0.05, 0) is 82.7 Å². The van der Waals surface area contributed by atoms with Gasteiger partial charge >= 0.3 is 12.1 Å². The van der Waals surface area contributed by atoms with E-state index in [1.807, 2.05) is 0 Å². The van der Waals surface area contributed by atoms with Crippen molar-refractivity contribution in [1.29, 1.82) is 0 Å². The van der Waals surface area contributed by atoms with Gasteiger partial charge in [0, 0.05) is 6.20 Å². The summed E-state index contributed by atoms with van der Waals surface area (Å²) in [7, 11) is 0. The molecule has 1 aliphatic rings. The zero-order chi connectivity index (χ0) is 23.6. The van der Waals surface area contributed by atoms with Crippen LogP contribution in [0.25, 0.3) is 0 Å². The molecule has 0 spiro atoms. The standard InChI is InChI=1S/C24H29FN2O5/c1-14(2)31-22(29)20-21-18(10-11-19(28)27(21)23(30)32-24(3,4)5)16(13-26-20)12-15-6-8-17(25)9-7-15/h6-9,13-14,19,28H,10-12H2,1-5H3. The first-order valence-electron chi connectivity index (χ1n) is 10.6. The SMILES string of the molecule is CC(C)OC(=O)c1ncc(Cc2ccc(F)cc2)c2c1N(C(=O)OC(C)(C)C)C(O)CC2. The van der Waals surface area contributed by atoms with Gasteiger partial charge in [0.15, 0.2) is 5.69 Å². The predicted octanol–water partition coefficient (Wildman–Crippen LogP) is 4.38. The summed E-state index contributed by atoms with van der Waals surface area (Å²) in [4.78, 5) is 31.2. The molecular formula is C24H29FN2O5. The van der Waals surface area contributed by atoms with Crippen molar-refractivity contribution < 1.29 is 28.6 Å². The third-order valence-corrected chi connectivity index (χ3v) is 4.87. The molecule has 1 unspecified atom stereocenters. The fourth-order valence-corrected chi connectivity index (χ4v) is 3.58. The topological polar surface area (TPSA) is 89.0 Å². The minimum absolute atomic E-state index is 0.0545. The Kier molecular flexibility index (Phi) is 6.83. The highest BCUT2D eigenvalue weighted by Gasteiger charge is 2.38. The molecule has 1 aromatic carbocycles. The smallest absolute Gasteiger partial charge is 0.417 e. The summed E-state index contributed by atoms with van der Waals surface area (Å²) < 4.78 is 24.1. The van der Waals surface area contributed by atoms with Crippen molar-refractivity contribution >= 4 is 17.7 Å². The fraction of sp³-hybridized carbons (Fsp3) is 0.458. The van der Waals surface area contributed by atoms with E-state index >= 15 is 0 Å². The number of aromatic nitrogens is 1. The minimum Gasteiger partial charge on any atom is -0.458 e. The number of benzene rings is 1. The van der Waals surface area contributed by atoms with Crippen molar-refractivity contribution in [3.8, 4) is 0 Å². The van der Waals surface area contributed by atoms with Crippen molar-refractivity contribution in [2.24, 2.45) is 0 Å². The number of pyridine rings is 1. The van der Waals surface area contributed by atoms with Gasteiger partial charge in [-0.1, -0.05) is 12.1 Å². The summed E-state index contributed by atoms with van der Waals surface area (Å²) in [5.41, 5.74) is 1.67. The van der Waals surface area contributed by atoms with Gasteiger partial charge in [-0.2, -0.15) is 0 Å². The summed E-state index contributed by atoms with van der Waals surface area (Å²) in [5.74, 6) is -1.02. The van der Waals surface area contributed by atoms with Crippen LogP contribution in [0, 0.1) is 5.82 Å². The summed E-state index contributed by atoms with van der Waals surface area (Å²) in [6.07, 6.45) is 0.359. The van der Waals surface area contributed by atoms with Crippen molar-refractivity contribution in [1.82, 2.24) is 4.98 Å². The molecule has 8 heteroatoms. The van der Waals surface area contributed by atoms with E-state index in [0.717, 1.165) is 16.0 Å². The number of halogens is 1. The second-order valence-electron chi connectivity index (χ2n) is 9.09. The Morgan fingerprint density at radius 3 is 2.50 bits per heavy atom. The molecule has 2 heterocycles. The van der Waals surface area contributed by atoms with E-state index in [9.17, 15) is 19.1 Å². The molecule has 172 valence electrons. The van der Waals surface area contributed by atoms with E-state index < -0.39 is 23.9 Å². The molecular weight excluding hydrogens is 415 g/mol. The van der Waals surface area contributed by atoms with Crippen molar-refractivity contribution in [2.45, 2.75) is 71.8 Å². The zero-order valence-corrected chi connectivity index (χ0v) is 19.0. The third kappa shape index (κ3) is 5.43. The number of fused-ring (bicyclic) bond motifs is 1. The van der Waals surface area contributed by atoms with E-state index in [-0.39, 0.29) is 29.7 Å². The van der Waals surface area contributed by atoms with Gasteiger partial charge in [0.25, 0.3) is 0 Å². The molecule has 1 aliphatic heterocycles. The Hall–Kier alpha value is -3.00. The highest BCUT2D eigenvalue weighted by atomic mass is 19.1. The number of rotatable bonds is 4. The quantitative estimate of drug-likeness (QED) is 0.704. The highest BCUT2D eigenvalue weighted by Crippen LogP contribution is 2.37. The summed E-state index contributed by atoms with van der Waals surface area (Å²) in [6.45, 7) is 8.60. The Balaban J connectivity index is 2.11. The first-order valence-corrected chi connectivity index (χ1v) is 10.6. The molecule has 1 aromatic heterocycles. The Bertz CT molecular complexity index is 999. The number of carbonyl (C=O) groups is 2. The van der Waals surface area contributed by atoms with Crippen LogP contribution < -0.4 is 4.90 Å². The first kappa shape index (κ1) is 23.7. The van der Waals surface area contributed by atoms with Crippen LogP contribution >= 0.6 is 0 Å². The number of carbonyl (C=O) groups excluding carboxylic acids is 2. The van der Waals surface area contributed by atoms with Crippen LogP contribution in [0.3, 0.4) is 0 Å². The van der Waals surface area contributed by atoms with Crippen LogP contribution in [-0.2, 0) is 22.3 Å². The van der Waals surface area contributed by atoms with E-state index in [0.29, 0.717) is 18.4 Å². The second-order valence-corrected chi connectivity index (χ2v) is 9.09. The van der Waals surface area contributed by atoms with Gasteiger partial charge in [-0.25, -0.2) is 23.9 Å². The van der Waals surface area contributed by atoms with Crippen LogP contribution in [0.4, 0.5) is 14.9 Å². The summed E-state index contributed by atoms with van der Waals surface area (Å²) in [6, 6.07) is 6.10. The van der Waals surface area contributed by atoms with Crippen LogP contribution in [0.1, 0.15) is 68.2 Å². The zero-order valence-electron chi connectivity index (χ0n) is 19.0. The first-order chi connectivity index (χ1) is 15.0. The number of aliphatic hydroxyl groups is 1. The number of aliphatic hydroxyl groups excluding tert-OH is 1. The van der Waals surface area contributed by atoms with Crippen molar-refractivity contribution in [2.75, 3.05) is 4.90 Å². The number of anilines is 1. The second kappa shape index (κ2) is 9.24. The fourth-order valence-electron chi connectivity index (χ4n) is 3.58. The molecule has 1 atom stereocenters. The average molecular weight is 445 g/mol. The van der Waals surface area contributed by atoms with E-state index in [4.69, 9.17) is 9.47 Å². The molecule has 0 saturated heterocycles. The Morgan fingerprint density at radius 1 is 1.25 bits per heavy atom. The molecule has 32 heavy (non-hydrogen) atoms. The van der Waals surface area contributed by atoms with Crippen molar-refractivity contribution in [3.63, 3.8) is 0 Å². The predicted molar refractivity (Wildman–Crippen MR) is 117 cm³/mol. The van der Waals surface area contributed by atoms with Gasteiger partial charge in [0.1, 0.15) is 17.6 Å². The third-order valence-electron chi connectivity index (χ3n) is 4.87. The maximum atomic E-state index is 13.3. The molecule has 0 radical (unpaired) electrons. The Morgan fingerprint density at radius 2 is 1.91 bits per heavy atom. The number of nitrogens with zero attached hydrogens (tertiary/aromatic N) is 2. The number of esters is 1. The summed E-state index contributed by atoms with van der Waals surface area (Å²) >= 11 is 0. The molecule has 1 N–H and O–H groups in total. The van der Waals surface area contributed by atoms with E-state index in [1.165, 1.54) is 12.1 Å². The van der Waals surface area contributed by atoms with E-state index in [2.05, 4.69) is 4.98 Å². The van der Waals surface area contributed by atoms with Gasteiger partial charge in [-0.15, -0.1) is 0 Å². The van der Waals surface area contributed by atoms with Crippen molar-refractivity contribution in [3.05, 3.63) is 58.7 Å². The normalized spacial score (nSPS) is 16.0. The average Bonchev–Trinajstić information content (AvgIpc) is 2.67. The van der Waals surface area contributed by atoms with E-state index in [1.54, 1.807) is 52.9 Å². The molecule has 0 fully saturated rings. The highest BCUT2D eigenvalue weighted by molar-refractivity contribution is 6.01. The summed E-state index contributed by atoms with van der Waals surface area (Å²) in [5, 5.41) is 10.7. The minimum atomic E-state index is -1.18. The molecule has 0 saturated carbocycles. The monoisotopic (exact) mass is 444 g/mol. The Labute approximate surface area is 187 Å². The number of hydrogen-bond donors (Lipinski definition) is 1. The largest absolute Gasteiger partial charge is 0.458 e. The van der Waals surface area contributed by atoms with Crippen LogP contribution in [0.15, 0.2) is 30.5 Å². The number of ether oxygens (including phenoxy) is 2. The van der Waals surface area contributed by atoms with Crippen LogP contribution in [0.2, 0.25) is 0 Å². The number of amides is 1. The van der Waals surface area contributed by atoms with Crippen LogP contribution in [0.5, 0.6) is 0 Å². The molecule has 7 nitrogen and oxygen atoms in total. The van der Waals surface area contributed by atoms with Crippen LogP contribution in [-0.4, -0.2) is 40.1 Å². The molecule has 3 rings (SSSR count). The lowest BCUT2D eigenvalue weighted by Crippen LogP contribution is -2.47. The molecule has 2 aromatic rings. The molecule has 1 amide bonds. The van der Waals surface area contributed by atoms with Gasteiger partial charge in [-0.3, -0.25) is 0 Å². The lowest BCUT2D eigenvalue weighted by atomic mass is 9.92. The lowest BCUT2D eigenvalue weighted by molar-refractivity contribution is 0.0368. The molecule has 0 aliphatic carbocycles. The van der Waals surface area contributed by atoms with Gasteiger partial charge < -0.3 is 14.6 Å². The van der Waals surface area contributed by atoms with Gasteiger partial charge in [0.2, 0.25) is 0 Å². The molecule has 0 bridgehead atoms. The van der Waals surface area contributed by atoms with Gasteiger partial charge in [0.05, 0.1) is 11.8 Å². The number of hydrogen-bond acceptors (Lipinski definition) is 6. The maximum absolute atomic E-state index is 13.3. The maximum Gasteiger partial charge on any atom is 0.417 e. The lowest BCUT2D eigenvalue weighted by Gasteiger charge is -2.36.